The topological polar surface area (TPSA) is 144 Å². The summed E-state index contributed by atoms with van der Waals surface area (Å²) in [4.78, 5) is 45.5. The number of aryl methyl sites for hydroxylation is 1. The van der Waals surface area contributed by atoms with Gasteiger partial charge in [-0.25, -0.2) is 19.1 Å². The van der Waals surface area contributed by atoms with Crippen LogP contribution >= 0.6 is 11.3 Å². The number of carbonyl (C=O) groups is 1. The number of hydrogen-bond donors (Lipinski definition) is 1. The lowest BCUT2D eigenvalue weighted by Gasteiger charge is -2.32. The average Bonchev–Trinajstić information content (AvgIpc) is 3.62. The van der Waals surface area contributed by atoms with Crippen LogP contribution in [0.2, 0.25) is 0 Å². The highest BCUT2D eigenvalue weighted by atomic mass is 32.1. The predicted molar refractivity (Wildman–Crippen MR) is 154 cm³/mol. The first-order valence-corrected chi connectivity index (χ1v) is 14.2. The molecule has 1 aromatic carbocycles. The molecule has 0 saturated carbocycles. The minimum absolute atomic E-state index is 0.0508. The number of aromatic nitrogens is 3. The van der Waals surface area contributed by atoms with Crippen LogP contribution < -0.4 is 16.0 Å². The highest BCUT2D eigenvalue weighted by molar-refractivity contribution is 7.22. The SMILES string of the molecule is COc1ccccc1C(Cn1c(=O)n(C(C)(C)C(=O)O)c(=O)c2c(C)c(-c3ncco3)sc21)O[C@@H]1COC[C@@H](OC)C1. The van der Waals surface area contributed by atoms with Gasteiger partial charge in [0.25, 0.3) is 5.56 Å². The maximum atomic E-state index is 14.2. The summed E-state index contributed by atoms with van der Waals surface area (Å²) in [6.45, 7) is 5.10. The van der Waals surface area contributed by atoms with E-state index in [0.717, 1.165) is 4.57 Å². The van der Waals surface area contributed by atoms with Crippen LogP contribution in [0, 0.1) is 6.92 Å². The number of carboxylic acids is 1. The summed E-state index contributed by atoms with van der Waals surface area (Å²) in [5.41, 5.74) is -2.12. The van der Waals surface area contributed by atoms with Gasteiger partial charge in [0.15, 0.2) is 0 Å². The van der Waals surface area contributed by atoms with Gasteiger partial charge < -0.3 is 28.5 Å². The number of benzene rings is 1. The van der Waals surface area contributed by atoms with Gasteiger partial charge in [0.05, 0.1) is 55.5 Å². The van der Waals surface area contributed by atoms with Crippen molar-refractivity contribution in [1.82, 2.24) is 14.1 Å². The third kappa shape index (κ3) is 5.28. The van der Waals surface area contributed by atoms with Crippen molar-refractivity contribution >= 4 is 27.5 Å². The molecule has 1 N–H and O–H groups in total. The Kier molecular flexibility index (Phi) is 8.37. The molecule has 3 atom stereocenters. The molecule has 1 fully saturated rings. The first-order chi connectivity index (χ1) is 20.1. The molecule has 0 amide bonds. The summed E-state index contributed by atoms with van der Waals surface area (Å²) < 4.78 is 31.2. The predicted octanol–water partition coefficient (Wildman–Crippen LogP) is 3.58. The first-order valence-electron chi connectivity index (χ1n) is 13.4. The zero-order valence-electron chi connectivity index (χ0n) is 24.0. The molecule has 3 aromatic heterocycles. The second kappa shape index (κ2) is 11.8. The highest BCUT2D eigenvalue weighted by Gasteiger charge is 2.36. The smallest absolute Gasteiger partial charge is 0.333 e. The maximum Gasteiger partial charge on any atom is 0.333 e. The van der Waals surface area contributed by atoms with Crippen molar-refractivity contribution < 1.29 is 33.3 Å². The molecule has 0 spiro atoms. The quantitative estimate of drug-likeness (QED) is 0.287. The van der Waals surface area contributed by atoms with Gasteiger partial charge >= 0.3 is 11.7 Å². The molecule has 5 rings (SSSR count). The number of aliphatic carboxylic acids is 1. The van der Waals surface area contributed by atoms with Crippen molar-refractivity contribution in [2.24, 2.45) is 0 Å². The summed E-state index contributed by atoms with van der Waals surface area (Å²) >= 11 is 1.18. The lowest BCUT2D eigenvalue weighted by Crippen LogP contribution is -2.52. The summed E-state index contributed by atoms with van der Waals surface area (Å²) in [5.74, 6) is -0.483. The van der Waals surface area contributed by atoms with Crippen molar-refractivity contribution in [3.05, 3.63) is 68.7 Å². The Morgan fingerprint density at radius 3 is 2.62 bits per heavy atom. The third-order valence-corrected chi connectivity index (χ3v) is 8.88. The Hall–Kier alpha value is -3.78. The van der Waals surface area contributed by atoms with E-state index in [1.807, 2.05) is 18.2 Å². The van der Waals surface area contributed by atoms with E-state index in [2.05, 4.69) is 4.98 Å². The monoisotopic (exact) mass is 599 g/mol. The van der Waals surface area contributed by atoms with E-state index in [9.17, 15) is 19.5 Å². The Morgan fingerprint density at radius 2 is 1.95 bits per heavy atom. The number of rotatable bonds is 10. The van der Waals surface area contributed by atoms with Crippen LogP contribution in [0.4, 0.5) is 0 Å². The van der Waals surface area contributed by atoms with Crippen LogP contribution in [-0.4, -0.2) is 64.8 Å². The summed E-state index contributed by atoms with van der Waals surface area (Å²) in [6, 6.07) is 7.31. The summed E-state index contributed by atoms with van der Waals surface area (Å²) in [6.07, 6.45) is 2.23. The number of ether oxygens (including phenoxy) is 4. The van der Waals surface area contributed by atoms with Crippen LogP contribution in [0.5, 0.6) is 5.75 Å². The zero-order chi connectivity index (χ0) is 30.2. The van der Waals surface area contributed by atoms with Crippen LogP contribution in [0.15, 0.2) is 50.7 Å². The van der Waals surface area contributed by atoms with E-state index in [1.165, 1.54) is 42.2 Å². The van der Waals surface area contributed by atoms with Crippen LogP contribution in [-0.2, 0) is 31.1 Å². The standard InChI is InChI=1S/C29H33N3O9S/c1-16-22-25(33)32(29(2,3)27(34)35)28(36)31(26(22)42-23(16)24-30-10-11-40-24)13-21(19-8-6-7-9-20(19)38-5)41-18-12-17(37-4)14-39-15-18/h6-11,17-18,21H,12-15H2,1-5H3,(H,34,35)/t17-,18-,21?/m0/s1. The van der Waals surface area contributed by atoms with E-state index in [0.29, 0.717) is 52.1 Å². The van der Waals surface area contributed by atoms with Crippen molar-refractivity contribution in [1.29, 1.82) is 0 Å². The second-order valence-electron chi connectivity index (χ2n) is 10.6. The molecular formula is C29H33N3O9S. The van der Waals surface area contributed by atoms with E-state index in [1.54, 1.807) is 27.2 Å². The van der Waals surface area contributed by atoms with Gasteiger partial charge in [0.2, 0.25) is 5.89 Å². The number of hydrogen-bond acceptors (Lipinski definition) is 10. The lowest BCUT2D eigenvalue weighted by atomic mass is 10.0. The highest BCUT2D eigenvalue weighted by Crippen LogP contribution is 2.37. The Balaban J connectivity index is 1.74. The van der Waals surface area contributed by atoms with E-state index in [-0.39, 0.29) is 24.1 Å². The molecule has 0 bridgehead atoms. The number of thiophene rings is 1. The Bertz CT molecular complexity index is 1700. The van der Waals surface area contributed by atoms with E-state index >= 15 is 0 Å². The molecule has 1 saturated heterocycles. The molecule has 0 radical (unpaired) electrons. The second-order valence-corrected chi connectivity index (χ2v) is 11.6. The minimum Gasteiger partial charge on any atom is -0.496 e. The van der Waals surface area contributed by atoms with Gasteiger partial charge in [0.1, 0.15) is 28.5 Å². The number of fused-ring (bicyclic) bond motifs is 1. The number of methoxy groups -OCH3 is 2. The number of nitrogens with zero attached hydrogens (tertiary/aromatic N) is 3. The maximum absolute atomic E-state index is 14.2. The molecule has 1 aliphatic heterocycles. The molecule has 1 aliphatic rings. The van der Waals surface area contributed by atoms with E-state index in [4.69, 9.17) is 23.4 Å². The Morgan fingerprint density at radius 1 is 1.21 bits per heavy atom. The fraction of sp³-hybridized carbons (Fsp3) is 0.448. The van der Waals surface area contributed by atoms with Gasteiger partial charge in [-0.05, 0) is 32.4 Å². The van der Waals surface area contributed by atoms with Crippen LogP contribution in [0.25, 0.3) is 21.0 Å². The van der Waals surface area contributed by atoms with Gasteiger partial charge in [-0.3, -0.25) is 9.36 Å². The fourth-order valence-electron chi connectivity index (χ4n) is 5.20. The van der Waals surface area contributed by atoms with Gasteiger partial charge in [0, 0.05) is 19.1 Å². The third-order valence-electron chi connectivity index (χ3n) is 7.58. The van der Waals surface area contributed by atoms with Crippen molar-refractivity contribution in [3.63, 3.8) is 0 Å². The largest absolute Gasteiger partial charge is 0.496 e. The Labute approximate surface area is 245 Å². The minimum atomic E-state index is -1.84. The van der Waals surface area contributed by atoms with Crippen LogP contribution in [0.1, 0.15) is 37.5 Å². The molecule has 1 unspecified atom stereocenters. The lowest BCUT2D eigenvalue weighted by molar-refractivity contribution is -0.146. The number of para-hydroxylation sites is 1. The number of carboxylic acid groups (broad SMARTS) is 1. The zero-order valence-corrected chi connectivity index (χ0v) is 24.8. The molecular weight excluding hydrogens is 566 g/mol. The molecule has 0 aliphatic carbocycles. The summed E-state index contributed by atoms with van der Waals surface area (Å²) in [7, 11) is 3.16. The first kappa shape index (κ1) is 29.7. The van der Waals surface area contributed by atoms with Crippen molar-refractivity contribution in [2.75, 3.05) is 27.4 Å². The molecule has 4 heterocycles. The molecule has 224 valence electrons. The fourth-order valence-corrected chi connectivity index (χ4v) is 6.44. The van der Waals surface area contributed by atoms with Crippen LogP contribution in [0.3, 0.4) is 0 Å². The molecule has 4 aromatic rings. The molecule has 42 heavy (non-hydrogen) atoms. The van der Waals surface area contributed by atoms with Gasteiger partial charge in [-0.15, -0.1) is 11.3 Å². The van der Waals surface area contributed by atoms with Crippen molar-refractivity contribution in [3.8, 4) is 16.5 Å². The van der Waals surface area contributed by atoms with E-state index < -0.39 is 28.9 Å². The number of oxazole rings is 1. The average molecular weight is 600 g/mol. The summed E-state index contributed by atoms with van der Waals surface area (Å²) in [5, 5.41) is 10.2. The molecule has 12 nitrogen and oxygen atoms in total. The normalized spacial score (nSPS) is 18.3. The molecule has 13 heteroatoms. The van der Waals surface area contributed by atoms with Crippen molar-refractivity contribution in [2.45, 2.75) is 57.6 Å². The van der Waals surface area contributed by atoms with Gasteiger partial charge in [-0.2, -0.15) is 0 Å². The van der Waals surface area contributed by atoms with Gasteiger partial charge in [-0.1, -0.05) is 18.2 Å².